The number of amides is 1. The first-order valence-electron chi connectivity index (χ1n) is 6.30. The third-order valence-electron chi connectivity index (χ3n) is 2.84. The molecular formula is C14H10N4O5. The van der Waals surface area contributed by atoms with Crippen molar-refractivity contribution < 1.29 is 14.6 Å². The summed E-state index contributed by atoms with van der Waals surface area (Å²) in [5.74, 6) is -0.588. The Morgan fingerprint density at radius 1 is 1.00 bits per heavy atom. The molecule has 0 heterocycles. The minimum absolute atomic E-state index is 0.134. The second-order valence-electron chi connectivity index (χ2n) is 4.32. The predicted octanol–water partition coefficient (Wildman–Crippen LogP) is 2.27. The molecule has 1 amide bonds. The van der Waals surface area contributed by atoms with Gasteiger partial charge in [-0.15, -0.1) is 0 Å². The van der Waals surface area contributed by atoms with Crippen LogP contribution in [0.3, 0.4) is 0 Å². The van der Waals surface area contributed by atoms with Crippen LogP contribution in [0.2, 0.25) is 0 Å². The number of nitrogens with one attached hydrogen (secondary N) is 1. The molecule has 0 saturated carbocycles. The van der Waals surface area contributed by atoms with Gasteiger partial charge in [-0.2, -0.15) is 5.10 Å². The molecule has 0 spiro atoms. The predicted molar refractivity (Wildman–Crippen MR) is 81.3 cm³/mol. The van der Waals surface area contributed by atoms with Crippen molar-refractivity contribution in [2.45, 2.75) is 0 Å². The second kappa shape index (κ2) is 6.89. The van der Waals surface area contributed by atoms with Gasteiger partial charge in [0, 0.05) is 23.8 Å². The summed E-state index contributed by atoms with van der Waals surface area (Å²) >= 11 is 0. The van der Waals surface area contributed by atoms with E-state index in [0.29, 0.717) is 0 Å². The number of benzene rings is 2. The van der Waals surface area contributed by atoms with Gasteiger partial charge in [0.1, 0.15) is 0 Å². The maximum absolute atomic E-state index is 11.8. The highest BCUT2D eigenvalue weighted by atomic mass is 16.6. The maximum Gasteiger partial charge on any atom is 0.278 e. The number of nitro benzene ring substituents is 2. The molecule has 0 radical (unpaired) electrons. The zero-order valence-corrected chi connectivity index (χ0v) is 11.6. The summed E-state index contributed by atoms with van der Waals surface area (Å²) in [6, 6.07) is 10.9. The van der Waals surface area contributed by atoms with Crippen LogP contribution in [0, 0.1) is 20.2 Å². The summed E-state index contributed by atoms with van der Waals surface area (Å²) in [5, 5.41) is 25.0. The Kier molecular flexibility index (Phi) is 4.72. The minimum atomic E-state index is -0.588. The van der Waals surface area contributed by atoms with Crippen LogP contribution in [-0.4, -0.2) is 22.0 Å². The van der Waals surface area contributed by atoms with Gasteiger partial charge in [-0.05, 0) is 18.2 Å². The number of carbonyl (C=O) groups is 1. The Morgan fingerprint density at radius 3 is 2.26 bits per heavy atom. The molecule has 0 aliphatic heterocycles. The summed E-state index contributed by atoms with van der Waals surface area (Å²) in [6.45, 7) is 0. The number of hydrazone groups is 1. The lowest BCUT2D eigenvalue weighted by molar-refractivity contribution is -0.385. The molecule has 9 heteroatoms. The van der Waals surface area contributed by atoms with Gasteiger partial charge in [0.05, 0.1) is 21.6 Å². The first kappa shape index (κ1) is 15.8. The standard InChI is InChI=1S/C14H10N4O5/c19-14(10-5-7-12(8-6-10)17(20)21)16-15-9-11-3-1-2-4-13(11)18(22)23/h1-9H,(H,16,19)/b15-9+. The van der Waals surface area contributed by atoms with E-state index in [2.05, 4.69) is 10.5 Å². The van der Waals surface area contributed by atoms with Crippen LogP contribution in [0.25, 0.3) is 0 Å². The van der Waals surface area contributed by atoms with Gasteiger partial charge in [0.25, 0.3) is 17.3 Å². The molecule has 0 saturated heterocycles. The third kappa shape index (κ3) is 3.94. The lowest BCUT2D eigenvalue weighted by atomic mass is 10.2. The largest absolute Gasteiger partial charge is 0.278 e. The van der Waals surface area contributed by atoms with Crippen molar-refractivity contribution in [2.75, 3.05) is 0 Å². The maximum atomic E-state index is 11.8. The van der Waals surface area contributed by atoms with Crippen LogP contribution >= 0.6 is 0 Å². The van der Waals surface area contributed by atoms with Crippen LogP contribution in [0.1, 0.15) is 15.9 Å². The number of nitrogens with zero attached hydrogens (tertiary/aromatic N) is 3. The van der Waals surface area contributed by atoms with Crippen LogP contribution in [0.5, 0.6) is 0 Å². The third-order valence-corrected chi connectivity index (χ3v) is 2.84. The summed E-state index contributed by atoms with van der Waals surface area (Å²) in [5.41, 5.74) is 2.34. The van der Waals surface area contributed by atoms with Gasteiger partial charge in [-0.3, -0.25) is 25.0 Å². The molecule has 2 aromatic carbocycles. The monoisotopic (exact) mass is 314 g/mol. The molecule has 1 N–H and O–H groups in total. The first-order valence-corrected chi connectivity index (χ1v) is 6.30. The summed E-state index contributed by atoms with van der Waals surface area (Å²) in [7, 11) is 0. The average molecular weight is 314 g/mol. The summed E-state index contributed by atoms with van der Waals surface area (Å²) in [4.78, 5) is 32.0. The fraction of sp³-hybridized carbons (Fsp3) is 0. The summed E-state index contributed by atoms with van der Waals surface area (Å²) in [6.07, 6.45) is 1.15. The Labute approximate surface area is 129 Å². The molecule has 2 aromatic rings. The van der Waals surface area contributed by atoms with E-state index in [1.165, 1.54) is 42.5 Å². The lowest BCUT2D eigenvalue weighted by Crippen LogP contribution is -2.17. The van der Waals surface area contributed by atoms with E-state index >= 15 is 0 Å². The van der Waals surface area contributed by atoms with E-state index in [-0.39, 0.29) is 22.5 Å². The zero-order valence-electron chi connectivity index (χ0n) is 11.6. The second-order valence-corrected chi connectivity index (χ2v) is 4.32. The lowest BCUT2D eigenvalue weighted by Gasteiger charge is -2.00. The highest BCUT2D eigenvalue weighted by Gasteiger charge is 2.11. The van der Waals surface area contributed by atoms with Crippen molar-refractivity contribution in [1.29, 1.82) is 0 Å². The Bertz CT molecular complexity index is 786. The summed E-state index contributed by atoms with van der Waals surface area (Å²) < 4.78 is 0. The molecule has 23 heavy (non-hydrogen) atoms. The molecule has 0 aliphatic carbocycles. The normalized spacial score (nSPS) is 10.4. The zero-order chi connectivity index (χ0) is 16.8. The number of hydrogen-bond acceptors (Lipinski definition) is 6. The van der Waals surface area contributed by atoms with Crippen molar-refractivity contribution in [2.24, 2.45) is 5.10 Å². The molecule has 0 bridgehead atoms. The van der Waals surface area contributed by atoms with Gasteiger partial charge >= 0.3 is 0 Å². The molecule has 0 aliphatic rings. The van der Waals surface area contributed by atoms with Crippen molar-refractivity contribution in [3.05, 3.63) is 79.9 Å². The molecular weight excluding hydrogens is 304 g/mol. The number of rotatable bonds is 5. The van der Waals surface area contributed by atoms with Crippen LogP contribution in [0.4, 0.5) is 11.4 Å². The Hall–Kier alpha value is -3.62. The molecule has 0 atom stereocenters. The van der Waals surface area contributed by atoms with E-state index in [9.17, 15) is 25.0 Å². The number of non-ortho nitro benzene ring substituents is 1. The number of carbonyl (C=O) groups excluding carboxylic acids is 1. The molecule has 116 valence electrons. The van der Waals surface area contributed by atoms with Crippen molar-refractivity contribution in [3.63, 3.8) is 0 Å². The number of hydrogen-bond donors (Lipinski definition) is 1. The molecule has 0 fully saturated rings. The van der Waals surface area contributed by atoms with Crippen LogP contribution in [-0.2, 0) is 0 Å². The van der Waals surface area contributed by atoms with Gasteiger partial charge in [-0.25, -0.2) is 5.43 Å². The topological polar surface area (TPSA) is 128 Å². The Balaban J connectivity index is 2.07. The molecule has 0 aromatic heterocycles. The van der Waals surface area contributed by atoms with Gasteiger partial charge < -0.3 is 0 Å². The van der Waals surface area contributed by atoms with Crippen LogP contribution in [0.15, 0.2) is 53.6 Å². The molecule has 9 nitrogen and oxygen atoms in total. The first-order chi connectivity index (χ1) is 11.0. The van der Waals surface area contributed by atoms with E-state index in [0.717, 1.165) is 6.21 Å². The fourth-order valence-corrected chi connectivity index (χ4v) is 1.72. The van der Waals surface area contributed by atoms with E-state index in [1.54, 1.807) is 6.07 Å². The van der Waals surface area contributed by atoms with Gasteiger partial charge in [0.15, 0.2) is 0 Å². The van der Waals surface area contributed by atoms with E-state index < -0.39 is 15.8 Å². The number of nitro groups is 2. The smallest absolute Gasteiger partial charge is 0.267 e. The van der Waals surface area contributed by atoms with Gasteiger partial charge in [0.2, 0.25) is 0 Å². The SMILES string of the molecule is O=C(N/N=C/c1ccccc1[N+](=O)[O-])c1ccc([N+](=O)[O-])cc1. The van der Waals surface area contributed by atoms with E-state index in [4.69, 9.17) is 0 Å². The highest BCUT2D eigenvalue weighted by Crippen LogP contribution is 2.15. The minimum Gasteiger partial charge on any atom is -0.267 e. The molecule has 0 unspecified atom stereocenters. The van der Waals surface area contributed by atoms with E-state index in [1.807, 2.05) is 0 Å². The highest BCUT2D eigenvalue weighted by molar-refractivity contribution is 5.95. The van der Waals surface area contributed by atoms with Crippen molar-refractivity contribution >= 4 is 23.5 Å². The van der Waals surface area contributed by atoms with Crippen LogP contribution < -0.4 is 5.43 Å². The molecule has 2 rings (SSSR count). The number of para-hydroxylation sites is 1. The van der Waals surface area contributed by atoms with Crippen molar-refractivity contribution in [1.82, 2.24) is 5.43 Å². The van der Waals surface area contributed by atoms with Gasteiger partial charge in [-0.1, -0.05) is 12.1 Å². The van der Waals surface area contributed by atoms with Crippen molar-refractivity contribution in [3.8, 4) is 0 Å². The quantitative estimate of drug-likeness (QED) is 0.514. The average Bonchev–Trinajstić information content (AvgIpc) is 2.55. The Morgan fingerprint density at radius 2 is 1.65 bits per heavy atom. The fourth-order valence-electron chi connectivity index (χ4n) is 1.72.